The van der Waals surface area contributed by atoms with Crippen LogP contribution in [0.5, 0.6) is 0 Å². The van der Waals surface area contributed by atoms with Crippen LogP contribution in [0.4, 0.5) is 5.69 Å². The number of rotatable bonds is 5. The highest BCUT2D eigenvalue weighted by Gasteiger charge is 2.21. The molecule has 0 spiro atoms. The second-order valence-corrected chi connectivity index (χ2v) is 7.42. The van der Waals surface area contributed by atoms with Gasteiger partial charge in [-0.25, -0.2) is 4.99 Å². The average Bonchev–Trinajstić information content (AvgIpc) is 2.73. The lowest BCUT2D eigenvalue weighted by Crippen LogP contribution is -2.52. The molecule has 3 N–H and O–H groups in total. The van der Waals surface area contributed by atoms with Crippen molar-refractivity contribution in [2.24, 2.45) is 10.7 Å². The number of primary amides is 1. The predicted octanol–water partition coefficient (Wildman–Crippen LogP) is 2.69. The monoisotopic (exact) mass is 393 g/mol. The van der Waals surface area contributed by atoms with Crippen molar-refractivity contribution >= 4 is 17.6 Å². The van der Waals surface area contributed by atoms with Crippen LogP contribution in [0, 0.1) is 13.8 Å². The number of hydrogen-bond donors (Lipinski definition) is 2. The summed E-state index contributed by atoms with van der Waals surface area (Å²) < 4.78 is 0. The lowest BCUT2D eigenvalue weighted by atomic mass is 10.1. The molecule has 1 heterocycles. The fourth-order valence-corrected chi connectivity index (χ4v) is 3.60. The molecule has 29 heavy (non-hydrogen) atoms. The molecule has 0 aromatic heterocycles. The Labute approximate surface area is 173 Å². The van der Waals surface area contributed by atoms with Crippen LogP contribution in [-0.4, -0.2) is 49.5 Å². The topological polar surface area (TPSA) is 74.0 Å². The Balaban J connectivity index is 1.65. The van der Waals surface area contributed by atoms with Crippen LogP contribution in [0.1, 0.15) is 34.0 Å². The van der Waals surface area contributed by atoms with Crippen molar-refractivity contribution in [3.05, 3.63) is 64.7 Å². The number of nitrogens with one attached hydrogen (secondary N) is 1. The average molecular weight is 394 g/mol. The minimum atomic E-state index is -0.407. The van der Waals surface area contributed by atoms with E-state index in [0.717, 1.165) is 44.2 Å². The Morgan fingerprint density at radius 2 is 1.76 bits per heavy atom. The second kappa shape index (κ2) is 9.45. The number of carbonyl (C=O) groups excluding carboxylic acids is 1. The van der Waals surface area contributed by atoms with Crippen molar-refractivity contribution in [3.8, 4) is 0 Å². The summed E-state index contributed by atoms with van der Waals surface area (Å²) in [5.74, 6) is 0.530. The number of aliphatic imine (C=N–C) groups is 1. The summed E-state index contributed by atoms with van der Waals surface area (Å²) in [6.07, 6.45) is 0. The molecule has 1 fully saturated rings. The lowest BCUT2D eigenvalue weighted by Gasteiger charge is -2.38. The number of carbonyl (C=O) groups is 1. The van der Waals surface area contributed by atoms with Gasteiger partial charge in [-0.1, -0.05) is 24.3 Å². The van der Waals surface area contributed by atoms with Crippen molar-refractivity contribution in [2.75, 3.05) is 37.6 Å². The van der Waals surface area contributed by atoms with E-state index in [1.165, 1.54) is 16.8 Å². The van der Waals surface area contributed by atoms with Gasteiger partial charge in [0.05, 0.1) is 6.54 Å². The van der Waals surface area contributed by atoms with Gasteiger partial charge >= 0.3 is 0 Å². The lowest BCUT2D eigenvalue weighted by molar-refractivity contribution is 0.100. The van der Waals surface area contributed by atoms with Crippen LogP contribution < -0.4 is 16.0 Å². The van der Waals surface area contributed by atoms with Crippen LogP contribution in [0.3, 0.4) is 0 Å². The highest BCUT2D eigenvalue weighted by molar-refractivity contribution is 5.92. The van der Waals surface area contributed by atoms with E-state index < -0.39 is 5.91 Å². The van der Waals surface area contributed by atoms with Crippen molar-refractivity contribution in [2.45, 2.75) is 27.3 Å². The van der Waals surface area contributed by atoms with Gasteiger partial charge in [0, 0.05) is 44.0 Å². The summed E-state index contributed by atoms with van der Waals surface area (Å²) in [6, 6.07) is 13.8. The number of benzene rings is 2. The summed E-state index contributed by atoms with van der Waals surface area (Å²) in [7, 11) is 0. The summed E-state index contributed by atoms with van der Waals surface area (Å²) in [6.45, 7) is 11.7. The zero-order chi connectivity index (χ0) is 20.8. The van der Waals surface area contributed by atoms with Gasteiger partial charge in [0.15, 0.2) is 5.96 Å². The van der Waals surface area contributed by atoms with E-state index in [1.54, 1.807) is 12.1 Å². The van der Waals surface area contributed by atoms with Crippen LogP contribution >= 0.6 is 0 Å². The van der Waals surface area contributed by atoms with Gasteiger partial charge in [0.25, 0.3) is 0 Å². The van der Waals surface area contributed by atoms with Gasteiger partial charge < -0.3 is 20.9 Å². The molecule has 0 atom stereocenters. The maximum atomic E-state index is 11.2. The summed E-state index contributed by atoms with van der Waals surface area (Å²) in [5, 5.41) is 3.41. The SMILES string of the molecule is CCNC(=NCc1ccc(C(N)=O)cc1)N1CCN(c2cccc(C)c2C)CC1. The third-order valence-electron chi connectivity index (χ3n) is 5.48. The van der Waals surface area contributed by atoms with Gasteiger partial charge in [0.2, 0.25) is 5.91 Å². The standard InChI is InChI=1S/C23H31N5O/c1-4-25-23(26-16-19-8-10-20(11-9-19)22(24)29)28-14-12-27(13-15-28)21-7-5-6-17(2)18(21)3/h5-11H,4,12-16H2,1-3H3,(H2,24,29)(H,25,26). The number of hydrogen-bond acceptors (Lipinski definition) is 3. The minimum Gasteiger partial charge on any atom is -0.368 e. The van der Waals surface area contributed by atoms with Crippen LogP contribution in [0.25, 0.3) is 0 Å². The highest BCUT2D eigenvalue weighted by Crippen LogP contribution is 2.23. The third-order valence-corrected chi connectivity index (χ3v) is 5.48. The molecule has 1 amide bonds. The first kappa shape index (κ1) is 20.7. The third kappa shape index (κ3) is 5.08. The van der Waals surface area contributed by atoms with Crippen LogP contribution in [0.2, 0.25) is 0 Å². The van der Waals surface area contributed by atoms with E-state index in [-0.39, 0.29) is 0 Å². The molecule has 3 rings (SSSR count). The van der Waals surface area contributed by atoms with E-state index in [1.807, 2.05) is 12.1 Å². The van der Waals surface area contributed by atoms with E-state index in [2.05, 4.69) is 54.1 Å². The molecular formula is C23H31N5O. The molecule has 1 aliphatic rings. The smallest absolute Gasteiger partial charge is 0.248 e. The van der Waals surface area contributed by atoms with Gasteiger partial charge in [-0.3, -0.25) is 4.79 Å². The summed E-state index contributed by atoms with van der Waals surface area (Å²) >= 11 is 0. The van der Waals surface area contributed by atoms with E-state index >= 15 is 0 Å². The molecule has 0 aliphatic carbocycles. The van der Waals surface area contributed by atoms with Crippen molar-refractivity contribution in [1.82, 2.24) is 10.2 Å². The largest absolute Gasteiger partial charge is 0.368 e. The maximum absolute atomic E-state index is 11.2. The number of guanidine groups is 1. The molecule has 154 valence electrons. The zero-order valence-corrected chi connectivity index (χ0v) is 17.6. The first-order chi connectivity index (χ1) is 14.0. The number of piperazine rings is 1. The number of amides is 1. The molecule has 0 saturated carbocycles. The normalized spacial score (nSPS) is 14.8. The molecule has 6 nitrogen and oxygen atoms in total. The van der Waals surface area contributed by atoms with Crippen molar-refractivity contribution in [1.29, 1.82) is 0 Å². The van der Waals surface area contributed by atoms with Crippen LogP contribution in [-0.2, 0) is 6.54 Å². The van der Waals surface area contributed by atoms with E-state index in [9.17, 15) is 4.79 Å². The van der Waals surface area contributed by atoms with Crippen molar-refractivity contribution < 1.29 is 4.79 Å². The molecule has 0 unspecified atom stereocenters. The molecule has 2 aromatic rings. The van der Waals surface area contributed by atoms with E-state index in [0.29, 0.717) is 12.1 Å². The first-order valence-corrected chi connectivity index (χ1v) is 10.2. The summed E-state index contributed by atoms with van der Waals surface area (Å²) in [5.41, 5.74) is 10.9. The number of nitrogens with two attached hydrogens (primary N) is 1. The predicted molar refractivity (Wildman–Crippen MR) is 119 cm³/mol. The van der Waals surface area contributed by atoms with Gasteiger partial charge in [-0.2, -0.15) is 0 Å². The highest BCUT2D eigenvalue weighted by atomic mass is 16.1. The Bertz CT molecular complexity index is 867. The van der Waals surface area contributed by atoms with Gasteiger partial charge in [-0.05, 0) is 55.7 Å². The summed E-state index contributed by atoms with van der Waals surface area (Å²) in [4.78, 5) is 20.8. The Hall–Kier alpha value is -3.02. The fourth-order valence-electron chi connectivity index (χ4n) is 3.60. The van der Waals surface area contributed by atoms with Gasteiger partial charge in [0.1, 0.15) is 0 Å². The molecule has 0 bridgehead atoms. The maximum Gasteiger partial charge on any atom is 0.248 e. The number of nitrogens with zero attached hydrogens (tertiary/aromatic N) is 3. The molecule has 6 heteroatoms. The molecule has 2 aromatic carbocycles. The fraction of sp³-hybridized carbons (Fsp3) is 0.391. The number of anilines is 1. The number of aryl methyl sites for hydroxylation is 1. The van der Waals surface area contributed by atoms with Crippen LogP contribution in [0.15, 0.2) is 47.5 Å². The zero-order valence-electron chi connectivity index (χ0n) is 17.6. The minimum absolute atomic E-state index is 0.407. The molecular weight excluding hydrogens is 362 g/mol. The first-order valence-electron chi connectivity index (χ1n) is 10.2. The molecule has 1 aliphatic heterocycles. The van der Waals surface area contributed by atoms with Crippen molar-refractivity contribution in [3.63, 3.8) is 0 Å². The Morgan fingerprint density at radius 3 is 2.38 bits per heavy atom. The Morgan fingerprint density at radius 1 is 1.07 bits per heavy atom. The second-order valence-electron chi connectivity index (χ2n) is 7.42. The molecule has 0 radical (unpaired) electrons. The van der Waals surface area contributed by atoms with E-state index in [4.69, 9.17) is 10.7 Å². The van der Waals surface area contributed by atoms with Gasteiger partial charge in [-0.15, -0.1) is 0 Å². The molecule has 1 saturated heterocycles. The quantitative estimate of drug-likeness (QED) is 0.605. The Kier molecular flexibility index (Phi) is 6.75.